The van der Waals surface area contributed by atoms with Gasteiger partial charge in [-0.3, -0.25) is 5.84 Å². The molecule has 2 aromatic rings. The summed E-state index contributed by atoms with van der Waals surface area (Å²) in [4.78, 5) is 0. The Kier molecular flexibility index (Phi) is 4.53. The Morgan fingerprint density at radius 3 is 2.68 bits per heavy atom. The lowest BCUT2D eigenvalue weighted by atomic mass is 9.96. The minimum Gasteiger partial charge on any atom is -0.271 e. The van der Waals surface area contributed by atoms with Crippen LogP contribution in [0.3, 0.4) is 0 Å². The minimum atomic E-state index is -0.436. The molecule has 0 aromatic heterocycles. The van der Waals surface area contributed by atoms with Gasteiger partial charge in [0.2, 0.25) is 0 Å². The van der Waals surface area contributed by atoms with Gasteiger partial charge >= 0.3 is 0 Å². The summed E-state index contributed by atoms with van der Waals surface area (Å²) in [7, 11) is 0. The molecule has 2 rings (SSSR count). The van der Waals surface area contributed by atoms with Gasteiger partial charge in [-0.05, 0) is 23.6 Å². The minimum absolute atomic E-state index is 0.101. The van der Waals surface area contributed by atoms with Gasteiger partial charge < -0.3 is 0 Å². The maximum atomic E-state index is 14.1. The largest absolute Gasteiger partial charge is 0.271 e. The predicted molar refractivity (Wildman–Crippen MR) is 76.4 cm³/mol. The fourth-order valence-corrected chi connectivity index (χ4v) is 2.28. The van der Waals surface area contributed by atoms with Crippen LogP contribution in [0, 0.1) is 5.82 Å². The second-order valence-corrected chi connectivity index (χ2v) is 4.75. The van der Waals surface area contributed by atoms with E-state index in [4.69, 9.17) is 17.4 Å². The van der Waals surface area contributed by atoms with Crippen molar-refractivity contribution in [3.63, 3.8) is 0 Å². The maximum absolute atomic E-state index is 14.1. The summed E-state index contributed by atoms with van der Waals surface area (Å²) < 4.78 is 14.1. The number of nitrogens with one attached hydrogen (secondary N) is 1. The van der Waals surface area contributed by atoms with Crippen molar-refractivity contribution in [3.8, 4) is 0 Å². The van der Waals surface area contributed by atoms with Gasteiger partial charge in [-0.1, -0.05) is 54.9 Å². The number of nitrogens with two attached hydrogens (primary N) is 1. The Hall–Kier alpha value is -1.42. The van der Waals surface area contributed by atoms with E-state index in [0.717, 1.165) is 12.0 Å². The van der Waals surface area contributed by atoms with E-state index in [-0.39, 0.29) is 5.02 Å². The van der Waals surface area contributed by atoms with E-state index in [0.29, 0.717) is 5.56 Å². The van der Waals surface area contributed by atoms with Crippen LogP contribution in [0.25, 0.3) is 0 Å². The van der Waals surface area contributed by atoms with Gasteiger partial charge in [-0.25, -0.2) is 9.82 Å². The maximum Gasteiger partial charge on any atom is 0.146 e. The van der Waals surface area contributed by atoms with Crippen LogP contribution in [0.5, 0.6) is 0 Å². The van der Waals surface area contributed by atoms with Crippen molar-refractivity contribution in [3.05, 3.63) is 70.0 Å². The van der Waals surface area contributed by atoms with Gasteiger partial charge in [0, 0.05) is 5.56 Å². The summed E-state index contributed by atoms with van der Waals surface area (Å²) in [6.45, 7) is 2.07. The van der Waals surface area contributed by atoms with E-state index < -0.39 is 11.9 Å². The van der Waals surface area contributed by atoms with Crippen molar-refractivity contribution in [2.45, 2.75) is 19.4 Å². The average Bonchev–Trinajstić information content (AvgIpc) is 2.44. The molecule has 0 spiro atoms. The molecule has 1 atom stereocenters. The summed E-state index contributed by atoms with van der Waals surface area (Å²) in [5.74, 6) is 5.15. The fraction of sp³-hybridized carbons (Fsp3) is 0.200. The highest BCUT2D eigenvalue weighted by Crippen LogP contribution is 2.28. The summed E-state index contributed by atoms with van der Waals surface area (Å²) in [6.07, 6.45) is 0.920. The summed E-state index contributed by atoms with van der Waals surface area (Å²) in [5, 5.41) is 0.101. The molecule has 0 amide bonds. The van der Waals surface area contributed by atoms with E-state index in [9.17, 15) is 4.39 Å². The van der Waals surface area contributed by atoms with Gasteiger partial charge in [0.15, 0.2) is 0 Å². The number of aryl methyl sites for hydroxylation is 1. The quantitative estimate of drug-likeness (QED) is 0.662. The molecule has 0 bridgehead atoms. The third-order valence-corrected chi connectivity index (χ3v) is 3.44. The number of rotatable bonds is 4. The first-order valence-corrected chi connectivity index (χ1v) is 6.54. The van der Waals surface area contributed by atoms with E-state index in [1.807, 2.05) is 24.3 Å². The Morgan fingerprint density at radius 2 is 2.00 bits per heavy atom. The van der Waals surface area contributed by atoms with Crippen molar-refractivity contribution >= 4 is 11.6 Å². The van der Waals surface area contributed by atoms with Crippen molar-refractivity contribution in [2.75, 3.05) is 0 Å². The van der Waals surface area contributed by atoms with E-state index in [2.05, 4.69) is 12.3 Å². The molecule has 0 saturated heterocycles. The Bertz CT molecular complexity index is 572. The van der Waals surface area contributed by atoms with Crippen LogP contribution in [0.4, 0.5) is 4.39 Å². The molecule has 3 N–H and O–H groups in total. The van der Waals surface area contributed by atoms with Gasteiger partial charge in [-0.15, -0.1) is 0 Å². The van der Waals surface area contributed by atoms with E-state index in [1.165, 1.54) is 11.6 Å². The second kappa shape index (κ2) is 6.15. The zero-order valence-corrected chi connectivity index (χ0v) is 11.4. The predicted octanol–water partition coefficient (Wildman–Crippen LogP) is 3.59. The Balaban J connectivity index is 2.46. The van der Waals surface area contributed by atoms with Crippen molar-refractivity contribution < 1.29 is 4.39 Å². The Labute approximate surface area is 117 Å². The molecule has 0 fully saturated rings. The Morgan fingerprint density at radius 1 is 1.26 bits per heavy atom. The van der Waals surface area contributed by atoms with Gasteiger partial charge in [0.25, 0.3) is 0 Å². The van der Waals surface area contributed by atoms with Crippen LogP contribution in [-0.4, -0.2) is 0 Å². The molecule has 100 valence electrons. The zero-order valence-electron chi connectivity index (χ0n) is 10.7. The lowest BCUT2D eigenvalue weighted by Crippen LogP contribution is -2.29. The van der Waals surface area contributed by atoms with Crippen LogP contribution >= 0.6 is 11.6 Å². The third-order valence-electron chi connectivity index (χ3n) is 3.15. The van der Waals surface area contributed by atoms with E-state index >= 15 is 0 Å². The number of hydrogen-bond acceptors (Lipinski definition) is 2. The molecule has 0 aliphatic rings. The molecule has 19 heavy (non-hydrogen) atoms. The van der Waals surface area contributed by atoms with Gasteiger partial charge in [-0.2, -0.15) is 0 Å². The first-order chi connectivity index (χ1) is 9.17. The number of benzene rings is 2. The van der Waals surface area contributed by atoms with Crippen LogP contribution in [0.15, 0.2) is 42.5 Å². The van der Waals surface area contributed by atoms with Crippen molar-refractivity contribution in [1.29, 1.82) is 0 Å². The highest BCUT2D eigenvalue weighted by atomic mass is 35.5. The molecular formula is C15H16ClFN2. The first kappa shape index (κ1) is 14.0. The second-order valence-electron chi connectivity index (χ2n) is 4.34. The summed E-state index contributed by atoms with van der Waals surface area (Å²) in [6, 6.07) is 12.4. The van der Waals surface area contributed by atoms with Crippen molar-refractivity contribution in [1.82, 2.24) is 5.43 Å². The molecule has 2 aromatic carbocycles. The van der Waals surface area contributed by atoms with Crippen LogP contribution in [0.1, 0.15) is 29.7 Å². The first-order valence-electron chi connectivity index (χ1n) is 6.16. The molecule has 4 heteroatoms. The molecule has 1 unspecified atom stereocenters. The third kappa shape index (κ3) is 2.95. The zero-order chi connectivity index (χ0) is 13.8. The smallest absolute Gasteiger partial charge is 0.146 e. The molecule has 0 aliphatic heterocycles. The lowest BCUT2D eigenvalue weighted by molar-refractivity contribution is 0.560. The molecule has 0 aliphatic carbocycles. The molecule has 2 nitrogen and oxygen atoms in total. The highest BCUT2D eigenvalue weighted by molar-refractivity contribution is 6.30. The van der Waals surface area contributed by atoms with Crippen LogP contribution in [-0.2, 0) is 6.42 Å². The van der Waals surface area contributed by atoms with Gasteiger partial charge in [0.05, 0.1) is 11.1 Å². The monoisotopic (exact) mass is 278 g/mol. The van der Waals surface area contributed by atoms with Crippen LogP contribution < -0.4 is 11.3 Å². The summed E-state index contributed by atoms with van der Waals surface area (Å²) in [5.41, 5.74) is 5.20. The van der Waals surface area contributed by atoms with E-state index in [1.54, 1.807) is 12.1 Å². The SMILES string of the molecule is CCc1cccc(C(NN)c2cccc(Cl)c2F)c1. The standard InChI is InChI=1S/C15H16ClFN2/c1-2-10-5-3-6-11(9-10)15(19-18)12-7-4-8-13(16)14(12)17/h3-9,15,19H,2,18H2,1H3. The number of halogens is 2. The number of hydrazine groups is 1. The normalized spacial score (nSPS) is 12.4. The van der Waals surface area contributed by atoms with Crippen molar-refractivity contribution in [2.24, 2.45) is 5.84 Å². The molecule has 0 saturated carbocycles. The topological polar surface area (TPSA) is 38.0 Å². The molecular weight excluding hydrogens is 263 g/mol. The summed E-state index contributed by atoms with van der Waals surface area (Å²) >= 11 is 5.82. The lowest BCUT2D eigenvalue weighted by Gasteiger charge is -2.18. The number of hydrogen-bond donors (Lipinski definition) is 2. The fourth-order valence-electron chi connectivity index (χ4n) is 2.10. The average molecular weight is 279 g/mol. The molecule has 0 radical (unpaired) electrons. The molecule has 0 heterocycles. The highest BCUT2D eigenvalue weighted by Gasteiger charge is 2.18. The van der Waals surface area contributed by atoms with Gasteiger partial charge in [0.1, 0.15) is 5.82 Å². The van der Waals surface area contributed by atoms with Crippen LogP contribution in [0.2, 0.25) is 5.02 Å².